The number of hydrogen-bond acceptors (Lipinski definition) is 3. The largest absolute Gasteiger partial charge is 0.498 e. The molecule has 1 aliphatic carbocycles. The Morgan fingerprint density at radius 2 is 2.29 bits per heavy atom. The van der Waals surface area contributed by atoms with Crippen molar-refractivity contribution in [2.24, 2.45) is 5.92 Å². The van der Waals surface area contributed by atoms with Gasteiger partial charge in [0, 0.05) is 0 Å². The number of ether oxygens (including phenoxy) is 2. The zero-order chi connectivity index (χ0) is 10.4. The first-order valence-corrected chi connectivity index (χ1v) is 5.29. The third-order valence-electron chi connectivity index (χ3n) is 2.27. The predicted octanol–water partition coefficient (Wildman–Crippen LogP) is 2.27. The summed E-state index contributed by atoms with van der Waals surface area (Å²) in [6.07, 6.45) is 4.91. The van der Waals surface area contributed by atoms with Crippen molar-refractivity contribution in [3.8, 4) is 0 Å². The lowest BCUT2D eigenvalue weighted by atomic mass is 9.94. The van der Waals surface area contributed by atoms with Crippen LogP contribution in [0.4, 0.5) is 0 Å². The predicted molar refractivity (Wildman–Crippen MR) is 53.7 cm³/mol. The molecule has 0 aromatic carbocycles. The van der Waals surface area contributed by atoms with E-state index in [1.165, 1.54) is 0 Å². The Labute approximate surface area is 85.1 Å². The van der Waals surface area contributed by atoms with E-state index in [-0.39, 0.29) is 11.9 Å². The van der Waals surface area contributed by atoms with Crippen LogP contribution in [-0.4, -0.2) is 19.2 Å². The van der Waals surface area contributed by atoms with Gasteiger partial charge in [-0.15, -0.1) is 0 Å². The number of esters is 1. The quantitative estimate of drug-likeness (QED) is 0.650. The lowest BCUT2D eigenvalue weighted by molar-refractivity contribution is -0.148. The Morgan fingerprint density at radius 3 is 2.93 bits per heavy atom. The second-order valence-corrected chi connectivity index (χ2v) is 3.28. The first kappa shape index (κ1) is 11.1. The molecule has 0 amide bonds. The van der Waals surface area contributed by atoms with Crippen molar-refractivity contribution in [3.05, 3.63) is 11.8 Å². The molecule has 0 aromatic rings. The summed E-state index contributed by atoms with van der Waals surface area (Å²) in [5.41, 5.74) is 0. The van der Waals surface area contributed by atoms with E-state index in [1.807, 2.05) is 19.9 Å². The summed E-state index contributed by atoms with van der Waals surface area (Å²) in [5.74, 6) is 0.493. The molecular formula is C11H18O3. The monoisotopic (exact) mass is 198 g/mol. The maximum Gasteiger partial charge on any atom is 0.316 e. The van der Waals surface area contributed by atoms with E-state index in [4.69, 9.17) is 9.47 Å². The maximum atomic E-state index is 11.5. The third-order valence-corrected chi connectivity index (χ3v) is 2.27. The highest BCUT2D eigenvalue weighted by Crippen LogP contribution is 2.26. The number of allylic oxidation sites excluding steroid dienone is 1. The molecule has 0 spiro atoms. The molecule has 3 nitrogen and oxygen atoms in total. The van der Waals surface area contributed by atoms with Crippen LogP contribution < -0.4 is 0 Å². The Balaban J connectivity index is 2.60. The molecule has 80 valence electrons. The summed E-state index contributed by atoms with van der Waals surface area (Å²) in [6, 6.07) is 0. The standard InChI is InChI=1S/C11H18O3/c1-3-13-10-8-6-5-7-9(10)11(12)14-4-2/h8-9H,3-7H2,1-2H3. The second kappa shape index (κ2) is 5.68. The molecule has 1 aliphatic rings. The maximum absolute atomic E-state index is 11.5. The van der Waals surface area contributed by atoms with Gasteiger partial charge in [-0.25, -0.2) is 0 Å². The molecule has 1 atom stereocenters. The molecule has 0 aliphatic heterocycles. The molecule has 1 rings (SSSR count). The van der Waals surface area contributed by atoms with Gasteiger partial charge in [-0.3, -0.25) is 4.79 Å². The molecule has 3 heteroatoms. The molecule has 0 radical (unpaired) electrons. The first-order chi connectivity index (χ1) is 6.79. The molecule has 0 heterocycles. The molecule has 1 unspecified atom stereocenters. The summed E-state index contributed by atoms with van der Waals surface area (Å²) in [7, 11) is 0. The van der Waals surface area contributed by atoms with E-state index in [0.717, 1.165) is 25.0 Å². The van der Waals surface area contributed by atoms with Gasteiger partial charge in [0.1, 0.15) is 11.7 Å². The molecule has 0 aromatic heterocycles. The summed E-state index contributed by atoms with van der Waals surface area (Å²) >= 11 is 0. The Bertz CT molecular complexity index is 221. The van der Waals surface area contributed by atoms with Crippen molar-refractivity contribution in [3.63, 3.8) is 0 Å². The Kier molecular flexibility index (Phi) is 4.50. The fraction of sp³-hybridized carbons (Fsp3) is 0.727. The van der Waals surface area contributed by atoms with E-state index >= 15 is 0 Å². The van der Waals surface area contributed by atoms with E-state index in [2.05, 4.69) is 0 Å². The number of hydrogen-bond donors (Lipinski definition) is 0. The Morgan fingerprint density at radius 1 is 1.50 bits per heavy atom. The van der Waals surface area contributed by atoms with Crippen LogP contribution in [0.1, 0.15) is 33.1 Å². The van der Waals surface area contributed by atoms with Crippen LogP contribution in [0.2, 0.25) is 0 Å². The minimum absolute atomic E-state index is 0.146. The smallest absolute Gasteiger partial charge is 0.316 e. The topological polar surface area (TPSA) is 35.5 Å². The van der Waals surface area contributed by atoms with Gasteiger partial charge >= 0.3 is 5.97 Å². The van der Waals surface area contributed by atoms with Crippen molar-refractivity contribution in [2.75, 3.05) is 13.2 Å². The van der Waals surface area contributed by atoms with Crippen LogP contribution >= 0.6 is 0 Å². The van der Waals surface area contributed by atoms with Crippen molar-refractivity contribution in [1.29, 1.82) is 0 Å². The van der Waals surface area contributed by atoms with E-state index in [1.54, 1.807) is 0 Å². The summed E-state index contributed by atoms with van der Waals surface area (Å²) in [5, 5.41) is 0. The molecule has 0 bridgehead atoms. The molecule has 0 saturated heterocycles. The second-order valence-electron chi connectivity index (χ2n) is 3.28. The average Bonchev–Trinajstić information content (AvgIpc) is 2.19. The molecule has 0 N–H and O–H groups in total. The van der Waals surface area contributed by atoms with Crippen LogP contribution in [0.15, 0.2) is 11.8 Å². The van der Waals surface area contributed by atoms with Crippen LogP contribution in [-0.2, 0) is 14.3 Å². The normalized spacial score (nSPS) is 21.3. The highest BCUT2D eigenvalue weighted by atomic mass is 16.5. The van der Waals surface area contributed by atoms with Crippen molar-refractivity contribution in [1.82, 2.24) is 0 Å². The SMILES string of the molecule is CCOC(=O)C1CCCC=C1OCC. The van der Waals surface area contributed by atoms with Gasteiger partial charge in [0.2, 0.25) is 0 Å². The van der Waals surface area contributed by atoms with Crippen LogP contribution in [0.25, 0.3) is 0 Å². The molecular weight excluding hydrogens is 180 g/mol. The minimum Gasteiger partial charge on any atom is -0.498 e. The van der Waals surface area contributed by atoms with Gasteiger partial charge in [-0.2, -0.15) is 0 Å². The van der Waals surface area contributed by atoms with E-state index in [9.17, 15) is 4.79 Å². The lowest BCUT2D eigenvalue weighted by Gasteiger charge is -2.22. The number of rotatable bonds is 4. The lowest BCUT2D eigenvalue weighted by Crippen LogP contribution is -2.23. The first-order valence-electron chi connectivity index (χ1n) is 5.29. The summed E-state index contributed by atoms with van der Waals surface area (Å²) < 4.78 is 10.4. The zero-order valence-corrected chi connectivity index (χ0v) is 8.91. The van der Waals surface area contributed by atoms with E-state index in [0.29, 0.717) is 13.2 Å². The van der Waals surface area contributed by atoms with E-state index < -0.39 is 0 Å². The Hall–Kier alpha value is -0.990. The van der Waals surface area contributed by atoms with Gasteiger partial charge in [0.25, 0.3) is 0 Å². The summed E-state index contributed by atoms with van der Waals surface area (Å²) in [6.45, 7) is 4.80. The minimum atomic E-state index is -0.163. The van der Waals surface area contributed by atoms with Crippen molar-refractivity contribution >= 4 is 5.97 Å². The molecule has 14 heavy (non-hydrogen) atoms. The van der Waals surface area contributed by atoms with Gasteiger partial charge in [-0.05, 0) is 39.2 Å². The molecule has 0 fully saturated rings. The number of carbonyl (C=O) groups excluding carboxylic acids is 1. The van der Waals surface area contributed by atoms with Crippen LogP contribution in [0.5, 0.6) is 0 Å². The third kappa shape index (κ3) is 2.76. The van der Waals surface area contributed by atoms with Crippen molar-refractivity contribution < 1.29 is 14.3 Å². The van der Waals surface area contributed by atoms with Gasteiger partial charge < -0.3 is 9.47 Å². The average molecular weight is 198 g/mol. The fourth-order valence-corrected chi connectivity index (χ4v) is 1.65. The molecule has 0 saturated carbocycles. The zero-order valence-electron chi connectivity index (χ0n) is 8.91. The van der Waals surface area contributed by atoms with Gasteiger partial charge in [-0.1, -0.05) is 0 Å². The van der Waals surface area contributed by atoms with Crippen LogP contribution in [0.3, 0.4) is 0 Å². The number of carbonyl (C=O) groups is 1. The fourth-order valence-electron chi connectivity index (χ4n) is 1.65. The van der Waals surface area contributed by atoms with Gasteiger partial charge in [0.05, 0.1) is 13.2 Å². The van der Waals surface area contributed by atoms with Crippen molar-refractivity contribution in [2.45, 2.75) is 33.1 Å². The van der Waals surface area contributed by atoms with Gasteiger partial charge in [0.15, 0.2) is 0 Å². The van der Waals surface area contributed by atoms with Crippen LogP contribution in [0, 0.1) is 5.92 Å². The highest BCUT2D eigenvalue weighted by Gasteiger charge is 2.27. The highest BCUT2D eigenvalue weighted by molar-refractivity contribution is 5.75. The summed E-state index contributed by atoms with van der Waals surface area (Å²) in [4.78, 5) is 11.5.